The summed E-state index contributed by atoms with van der Waals surface area (Å²) in [6, 6.07) is 10.3. The number of nitrogens with one attached hydrogen (secondary N) is 1. The average Bonchev–Trinajstić information content (AvgIpc) is 3.30. The van der Waals surface area contributed by atoms with Gasteiger partial charge in [-0.25, -0.2) is 13.1 Å². The van der Waals surface area contributed by atoms with Crippen LogP contribution in [0.25, 0.3) is 0 Å². The summed E-state index contributed by atoms with van der Waals surface area (Å²) in [5.74, 6) is -0.128. The van der Waals surface area contributed by atoms with E-state index in [1.807, 2.05) is 22.4 Å². The number of carbonyl (C=O) groups excluding carboxylic acids is 1. The summed E-state index contributed by atoms with van der Waals surface area (Å²) in [6.45, 7) is 4.33. The minimum Gasteiger partial charge on any atom is -0.331 e. The van der Waals surface area contributed by atoms with Crippen LogP contribution in [-0.2, 0) is 10.0 Å². The molecule has 1 aliphatic rings. The SMILES string of the molecule is C=CCNS(=O)(=O)c1cccc(C(=O)N2CCCC2c2cccs2)c1. The number of likely N-dealkylation sites (tertiary alicyclic amines) is 1. The van der Waals surface area contributed by atoms with Crippen LogP contribution < -0.4 is 4.72 Å². The van der Waals surface area contributed by atoms with Crippen LogP contribution in [0.3, 0.4) is 0 Å². The Morgan fingerprint density at radius 2 is 2.20 bits per heavy atom. The molecule has 1 amide bonds. The number of rotatable bonds is 6. The van der Waals surface area contributed by atoms with Gasteiger partial charge in [-0.1, -0.05) is 18.2 Å². The molecule has 5 nitrogen and oxygen atoms in total. The highest BCUT2D eigenvalue weighted by atomic mass is 32.2. The molecule has 1 N–H and O–H groups in total. The molecule has 0 bridgehead atoms. The Morgan fingerprint density at radius 1 is 1.36 bits per heavy atom. The summed E-state index contributed by atoms with van der Waals surface area (Å²) >= 11 is 1.64. The third kappa shape index (κ3) is 3.84. The molecule has 0 spiro atoms. The second-order valence-electron chi connectivity index (χ2n) is 5.84. The van der Waals surface area contributed by atoms with Gasteiger partial charge in [-0.2, -0.15) is 0 Å². The summed E-state index contributed by atoms with van der Waals surface area (Å²) < 4.78 is 26.9. The molecule has 1 unspecified atom stereocenters. The summed E-state index contributed by atoms with van der Waals surface area (Å²) in [4.78, 5) is 16.0. The van der Waals surface area contributed by atoms with Crippen LogP contribution in [0.5, 0.6) is 0 Å². The minimum absolute atomic E-state index is 0.0756. The molecule has 0 aliphatic carbocycles. The van der Waals surface area contributed by atoms with Gasteiger partial charge in [-0.05, 0) is 42.5 Å². The molecule has 1 aliphatic heterocycles. The first-order valence-electron chi connectivity index (χ1n) is 8.08. The lowest BCUT2D eigenvalue weighted by atomic mass is 10.1. The zero-order valence-corrected chi connectivity index (χ0v) is 15.4. The number of benzene rings is 1. The van der Waals surface area contributed by atoms with E-state index >= 15 is 0 Å². The third-order valence-corrected chi connectivity index (χ3v) is 6.59. The van der Waals surface area contributed by atoms with Crippen LogP contribution in [0.2, 0.25) is 0 Å². The highest BCUT2D eigenvalue weighted by molar-refractivity contribution is 7.89. The highest BCUT2D eigenvalue weighted by Crippen LogP contribution is 2.35. The Bertz CT molecular complexity index is 860. The topological polar surface area (TPSA) is 66.5 Å². The molecule has 25 heavy (non-hydrogen) atoms. The van der Waals surface area contributed by atoms with Crippen molar-refractivity contribution in [1.82, 2.24) is 9.62 Å². The van der Waals surface area contributed by atoms with E-state index in [4.69, 9.17) is 0 Å². The normalized spacial score (nSPS) is 17.6. The first-order chi connectivity index (χ1) is 12.0. The van der Waals surface area contributed by atoms with E-state index in [-0.39, 0.29) is 23.4 Å². The molecular formula is C18H20N2O3S2. The predicted octanol–water partition coefficient (Wildman–Crippen LogP) is 3.19. The van der Waals surface area contributed by atoms with Gasteiger partial charge in [0, 0.05) is 23.5 Å². The zero-order valence-electron chi connectivity index (χ0n) is 13.7. The summed E-state index contributed by atoms with van der Waals surface area (Å²) in [7, 11) is -3.65. The van der Waals surface area contributed by atoms with E-state index < -0.39 is 10.0 Å². The van der Waals surface area contributed by atoms with Crippen molar-refractivity contribution in [1.29, 1.82) is 0 Å². The van der Waals surface area contributed by atoms with Crippen molar-refractivity contribution in [3.8, 4) is 0 Å². The van der Waals surface area contributed by atoms with Crippen LogP contribution in [0, 0.1) is 0 Å². The van der Waals surface area contributed by atoms with Crippen molar-refractivity contribution in [3.05, 3.63) is 64.9 Å². The quantitative estimate of drug-likeness (QED) is 0.788. The lowest BCUT2D eigenvalue weighted by Crippen LogP contribution is -2.30. The van der Waals surface area contributed by atoms with E-state index in [0.29, 0.717) is 12.1 Å². The molecule has 132 valence electrons. The summed E-state index contributed by atoms with van der Waals surface area (Å²) in [6.07, 6.45) is 3.36. The second kappa shape index (κ2) is 7.51. The number of sulfonamides is 1. The summed E-state index contributed by atoms with van der Waals surface area (Å²) in [5, 5.41) is 2.01. The van der Waals surface area contributed by atoms with Crippen LogP contribution in [0.15, 0.2) is 59.3 Å². The Labute approximate surface area is 152 Å². The van der Waals surface area contributed by atoms with Gasteiger partial charge in [0.05, 0.1) is 10.9 Å². The Morgan fingerprint density at radius 3 is 2.92 bits per heavy atom. The van der Waals surface area contributed by atoms with Crippen molar-refractivity contribution >= 4 is 27.3 Å². The fourth-order valence-electron chi connectivity index (χ4n) is 3.00. The Kier molecular flexibility index (Phi) is 5.36. The largest absolute Gasteiger partial charge is 0.331 e. The average molecular weight is 377 g/mol. The van der Waals surface area contributed by atoms with Gasteiger partial charge in [0.2, 0.25) is 10.0 Å². The van der Waals surface area contributed by atoms with Gasteiger partial charge in [0.1, 0.15) is 0 Å². The summed E-state index contributed by atoms with van der Waals surface area (Å²) in [5.41, 5.74) is 0.393. The minimum atomic E-state index is -3.65. The number of thiophene rings is 1. The zero-order chi connectivity index (χ0) is 17.9. The van der Waals surface area contributed by atoms with Crippen molar-refractivity contribution in [2.45, 2.75) is 23.8 Å². The maximum atomic E-state index is 12.9. The van der Waals surface area contributed by atoms with Gasteiger partial charge in [0.15, 0.2) is 0 Å². The van der Waals surface area contributed by atoms with E-state index in [2.05, 4.69) is 11.3 Å². The van der Waals surface area contributed by atoms with Gasteiger partial charge in [0.25, 0.3) is 5.91 Å². The van der Waals surface area contributed by atoms with Crippen LogP contribution in [-0.4, -0.2) is 32.3 Å². The molecule has 2 heterocycles. The molecule has 1 fully saturated rings. The van der Waals surface area contributed by atoms with Crippen LogP contribution >= 0.6 is 11.3 Å². The fraction of sp³-hybridized carbons (Fsp3) is 0.278. The molecule has 2 aromatic rings. The predicted molar refractivity (Wildman–Crippen MR) is 99.2 cm³/mol. The van der Waals surface area contributed by atoms with Crippen molar-refractivity contribution in [2.24, 2.45) is 0 Å². The van der Waals surface area contributed by atoms with Crippen molar-refractivity contribution in [2.75, 3.05) is 13.1 Å². The molecular weight excluding hydrogens is 356 g/mol. The fourth-order valence-corrected chi connectivity index (χ4v) is 4.92. The molecule has 1 aromatic carbocycles. The maximum Gasteiger partial charge on any atom is 0.254 e. The molecule has 1 atom stereocenters. The molecule has 3 rings (SSSR count). The number of carbonyl (C=O) groups is 1. The first kappa shape index (κ1) is 17.8. The smallest absolute Gasteiger partial charge is 0.254 e. The van der Waals surface area contributed by atoms with E-state index in [9.17, 15) is 13.2 Å². The Hall–Kier alpha value is -1.96. The van der Waals surface area contributed by atoms with Gasteiger partial charge in [-0.3, -0.25) is 4.79 Å². The Balaban J connectivity index is 1.85. The number of amides is 1. The molecule has 7 heteroatoms. The number of nitrogens with zero attached hydrogens (tertiary/aromatic N) is 1. The monoisotopic (exact) mass is 376 g/mol. The van der Waals surface area contributed by atoms with Gasteiger partial charge >= 0.3 is 0 Å². The van der Waals surface area contributed by atoms with Crippen molar-refractivity contribution in [3.63, 3.8) is 0 Å². The van der Waals surface area contributed by atoms with E-state index in [1.54, 1.807) is 23.5 Å². The van der Waals surface area contributed by atoms with Gasteiger partial charge in [-0.15, -0.1) is 17.9 Å². The third-order valence-electron chi connectivity index (χ3n) is 4.19. The molecule has 0 radical (unpaired) electrons. The molecule has 1 aromatic heterocycles. The van der Waals surface area contributed by atoms with E-state index in [1.165, 1.54) is 23.1 Å². The standard InChI is InChI=1S/C18H20N2O3S2/c1-2-10-19-25(22,23)15-7-3-6-14(13-15)18(21)20-11-4-8-16(20)17-9-5-12-24-17/h2-3,5-7,9,12-13,16,19H,1,4,8,10-11H2. The molecule has 0 saturated carbocycles. The lowest BCUT2D eigenvalue weighted by molar-refractivity contribution is 0.0737. The van der Waals surface area contributed by atoms with Crippen molar-refractivity contribution < 1.29 is 13.2 Å². The van der Waals surface area contributed by atoms with Crippen LogP contribution in [0.1, 0.15) is 34.1 Å². The number of hydrogen-bond acceptors (Lipinski definition) is 4. The maximum absolute atomic E-state index is 12.9. The molecule has 1 saturated heterocycles. The second-order valence-corrected chi connectivity index (χ2v) is 8.59. The van der Waals surface area contributed by atoms with Gasteiger partial charge < -0.3 is 4.90 Å². The number of hydrogen-bond donors (Lipinski definition) is 1. The van der Waals surface area contributed by atoms with Crippen LogP contribution in [0.4, 0.5) is 0 Å². The van der Waals surface area contributed by atoms with E-state index in [0.717, 1.165) is 12.8 Å². The first-order valence-corrected chi connectivity index (χ1v) is 10.4. The highest BCUT2D eigenvalue weighted by Gasteiger charge is 2.31. The lowest BCUT2D eigenvalue weighted by Gasteiger charge is -2.24.